The van der Waals surface area contributed by atoms with Crippen molar-refractivity contribution in [3.8, 4) is 0 Å². The average molecular weight is 233 g/mol. The molecule has 1 saturated carbocycles. The zero-order valence-electron chi connectivity index (χ0n) is 9.81. The lowest BCUT2D eigenvalue weighted by molar-refractivity contribution is -0.388. The average Bonchev–Trinajstić information content (AvgIpc) is 2.81. The SMILES string of the molecule is OCCCON(OCCCO)C1CCCC1. The van der Waals surface area contributed by atoms with Crippen LogP contribution in [0.2, 0.25) is 0 Å². The molecule has 5 heteroatoms. The molecule has 0 heterocycles. The minimum Gasteiger partial charge on any atom is -0.396 e. The Bertz CT molecular complexity index is 152. The van der Waals surface area contributed by atoms with Crippen molar-refractivity contribution >= 4 is 0 Å². The summed E-state index contributed by atoms with van der Waals surface area (Å²) in [5, 5.41) is 19.0. The van der Waals surface area contributed by atoms with E-state index in [1.807, 2.05) is 0 Å². The van der Waals surface area contributed by atoms with Crippen LogP contribution in [0.3, 0.4) is 0 Å². The molecule has 0 aromatic rings. The van der Waals surface area contributed by atoms with E-state index in [4.69, 9.17) is 19.9 Å². The lowest BCUT2D eigenvalue weighted by atomic mass is 10.3. The van der Waals surface area contributed by atoms with Crippen LogP contribution in [0.5, 0.6) is 0 Å². The van der Waals surface area contributed by atoms with Gasteiger partial charge in [0.15, 0.2) is 0 Å². The summed E-state index contributed by atoms with van der Waals surface area (Å²) in [5.41, 5.74) is 0. The molecule has 1 fully saturated rings. The number of nitrogens with zero attached hydrogens (tertiary/aromatic N) is 1. The molecule has 0 bridgehead atoms. The zero-order valence-corrected chi connectivity index (χ0v) is 9.81. The maximum atomic E-state index is 8.69. The Morgan fingerprint density at radius 1 is 0.938 bits per heavy atom. The molecule has 0 saturated heterocycles. The summed E-state index contributed by atoms with van der Waals surface area (Å²) in [6, 6.07) is 0.331. The molecule has 0 spiro atoms. The second-order valence-corrected chi connectivity index (χ2v) is 4.04. The first-order valence-electron chi connectivity index (χ1n) is 6.15. The number of hydrogen-bond acceptors (Lipinski definition) is 5. The number of hydrogen-bond donors (Lipinski definition) is 2. The van der Waals surface area contributed by atoms with E-state index < -0.39 is 0 Å². The summed E-state index contributed by atoms with van der Waals surface area (Å²) in [5.74, 6) is 0. The Morgan fingerprint density at radius 2 is 1.44 bits per heavy atom. The second-order valence-electron chi connectivity index (χ2n) is 4.04. The first-order chi connectivity index (χ1) is 7.88. The van der Waals surface area contributed by atoms with E-state index in [2.05, 4.69) is 0 Å². The fourth-order valence-corrected chi connectivity index (χ4v) is 1.80. The molecular formula is C11H23NO4. The first-order valence-corrected chi connectivity index (χ1v) is 6.15. The van der Waals surface area contributed by atoms with Gasteiger partial charge >= 0.3 is 0 Å². The Morgan fingerprint density at radius 3 is 1.88 bits per heavy atom. The molecule has 0 unspecified atom stereocenters. The second kappa shape index (κ2) is 8.90. The molecule has 0 aromatic carbocycles. The molecular weight excluding hydrogens is 210 g/mol. The Hall–Kier alpha value is -0.200. The van der Waals surface area contributed by atoms with Crippen molar-refractivity contribution in [3.05, 3.63) is 0 Å². The summed E-state index contributed by atoms with van der Waals surface area (Å²) >= 11 is 0. The first kappa shape index (κ1) is 13.9. The maximum absolute atomic E-state index is 8.69. The minimum atomic E-state index is 0.134. The number of hydroxylamine groups is 2. The maximum Gasteiger partial charge on any atom is 0.0733 e. The normalized spacial score (nSPS) is 17.4. The third-order valence-electron chi connectivity index (χ3n) is 2.66. The van der Waals surface area contributed by atoms with Gasteiger partial charge in [-0.2, -0.15) is 0 Å². The van der Waals surface area contributed by atoms with E-state index in [9.17, 15) is 0 Å². The Labute approximate surface area is 96.9 Å². The topological polar surface area (TPSA) is 62.2 Å². The van der Waals surface area contributed by atoms with Gasteiger partial charge in [0.25, 0.3) is 0 Å². The van der Waals surface area contributed by atoms with Gasteiger partial charge in [-0.3, -0.25) is 9.68 Å². The van der Waals surface area contributed by atoms with Crippen molar-refractivity contribution in [1.82, 2.24) is 5.23 Å². The van der Waals surface area contributed by atoms with Crippen molar-refractivity contribution in [2.24, 2.45) is 0 Å². The van der Waals surface area contributed by atoms with Gasteiger partial charge in [-0.25, -0.2) is 0 Å². The van der Waals surface area contributed by atoms with Crippen LogP contribution in [0.25, 0.3) is 0 Å². The molecule has 5 nitrogen and oxygen atoms in total. The number of rotatable bonds is 9. The molecule has 0 radical (unpaired) electrons. The highest BCUT2D eigenvalue weighted by atomic mass is 16.9. The van der Waals surface area contributed by atoms with Gasteiger partial charge in [-0.1, -0.05) is 18.1 Å². The predicted octanol–water partition coefficient (Wildman–Crippen LogP) is 0.859. The van der Waals surface area contributed by atoms with Crippen LogP contribution in [0, 0.1) is 0 Å². The minimum absolute atomic E-state index is 0.134. The van der Waals surface area contributed by atoms with Crippen LogP contribution in [-0.4, -0.2) is 47.9 Å². The standard InChI is InChI=1S/C11H23NO4/c13-7-3-9-15-12(16-10-4-8-14)11-5-1-2-6-11/h11,13-14H,1-10H2. The monoisotopic (exact) mass is 233 g/mol. The summed E-state index contributed by atoms with van der Waals surface area (Å²) < 4.78 is 0. The van der Waals surface area contributed by atoms with E-state index in [0.717, 1.165) is 12.8 Å². The van der Waals surface area contributed by atoms with Crippen LogP contribution >= 0.6 is 0 Å². The number of aliphatic hydroxyl groups is 2. The largest absolute Gasteiger partial charge is 0.396 e. The lowest BCUT2D eigenvalue weighted by Gasteiger charge is -2.26. The van der Waals surface area contributed by atoms with Crippen molar-refractivity contribution in [2.75, 3.05) is 26.4 Å². The fourth-order valence-electron chi connectivity index (χ4n) is 1.80. The molecule has 96 valence electrons. The van der Waals surface area contributed by atoms with Gasteiger partial charge in [0.2, 0.25) is 0 Å². The van der Waals surface area contributed by atoms with Gasteiger partial charge < -0.3 is 10.2 Å². The van der Waals surface area contributed by atoms with Crippen molar-refractivity contribution in [2.45, 2.75) is 44.6 Å². The van der Waals surface area contributed by atoms with E-state index in [-0.39, 0.29) is 13.2 Å². The molecule has 0 atom stereocenters. The highest BCUT2D eigenvalue weighted by Gasteiger charge is 2.24. The van der Waals surface area contributed by atoms with Gasteiger partial charge in [-0.05, 0) is 25.7 Å². The van der Waals surface area contributed by atoms with Crippen LogP contribution in [0.1, 0.15) is 38.5 Å². The fraction of sp³-hybridized carbons (Fsp3) is 1.00. The van der Waals surface area contributed by atoms with E-state index in [1.165, 1.54) is 12.8 Å². The highest BCUT2D eigenvalue weighted by Crippen LogP contribution is 2.24. The van der Waals surface area contributed by atoms with Crippen LogP contribution in [-0.2, 0) is 9.68 Å². The number of aliphatic hydroxyl groups excluding tert-OH is 2. The smallest absolute Gasteiger partial charge is 0.0733 e. The third-order valence-corrected chi connectivity index (χ3v) is 2.66. The molecule has 1 aliphatic carbocycles. The lowest BCUT2D eigenvalue weighted by Crippen LogP contribution is -2.34. The molecule has 0 aliphatic heterocycles. The van der Waals surface area contributed by atoms with E-state index in [0.29, 0.717) is 32.1 Å². The molecule has 0 amide bonds. The predicted molar refractivity (Wildman–Crippen MR) is 59.4 cm³/mol. The van der Waals surface area contributed by atoms with Crippen molar-refractivity contribution in [3.63, 3.8) is 0 Å². The van der Waals surface area contributed by atoms with Gasteiger partial charge in [0, 0.05) is 13.2 Å². The quantitative estimate of drug-likeness (QED) is 0.457. The molecule has 1 rings (SSSR count). The molecule has 16 heavy (non-hydrogen) atoms. The van der Waals surface area contributed by atoms with Crippen molar-refractivity contribution in [1.29, 1.82) is 0 Å². The van der Waals surface area contributed by atoms with E-state index >= 15 is 0 Å². The van der Waals surface area contributed by atoms with Gasteiger partial charge in [-0.15, -0.1) is 0 Å². The summed E-state index contributed by atoms with van der Waals surface area (Å²) in [6.07, 6.45) is 5.86. The molecule has 2 N–H and O–H groups in total. The van der Waals surface area contributed by atoms with Crippen LogP contribution < -0.4 is 0 Å². The Kier molecular flexibility index (Phi) is 7.71. The van der Waals surface area contributed by atoms with Crippen molar-refractivity contribution < 1.29 is 19.9 Å². The Balaban J connectivity index is 2.22. The van der Waals surface area contributed by atoms with Gasteiger partial charge in [0.05, 0.1) is 19.3 Å². The summed E-state index contributed by atoms with van der Waals surface area (Å²) in [7, 11) is 0. The zero-order chi connectivity index (χ0) is 11.6. The summed E-state index contributed by atoms with van der Waals surface area (Å²) in [6.45, 7) is 1.22. The van der Waals surface area contributed by atoms with Crippen LogP contribution in [0.4, 0.5) is 0 Å². The highest BCUT2D eigenvalue weighted by molar-refractivity contribution is 4.69. The third kappa shape index (κ3) is 5.23. The summed E-state index contributed by atoms with van der Waals surface area (Å²) in [4.78, 5) is 11.0. The van der Waals surface area contributed by atoms with Crippen LogP contribution in [0.15, 0.2) is 0 Å². The molecule has 1 aliphatic rings. The van der Waals surface area contributed by atoms with Gasteiger partial charge in [0.1, 0.15) is 0 Å². The van der Waals surface area contributed by atoms with E-state index in [1.54, 1.807) is 5.23 Å². The molecule has 0 aromatic heterocycles.